The fourth-order valence-electron chi connectivity index (χ4n) is 2.18. The Morgan fingerprint density at radius 2 is 2.00 bits per heavy atom. The highest BCUT2D eigenvalue weighted by Crippen LogP contribution is 2.15. The molecule has 0 aliphatic heterocycles. The summed E-state index contributed by atoms with van der Waals surface area (Å²) in [7, 11) is 0. The standard InChI is InChI=1S/C16H15N3O2/c20-15(11-5-7-17-8-6-11)10-18-16(21)14-9-12-3-1-2-4-13(12)19-14/h1-9,15,19-20H,10H2,(H,18,21). The van der Waals surface area contributed by atoms with Gasteiger partial charge in [-0.25, -0.2) is 0 Å². The second-order valence-electron chi connectivity index (χ2n) is 4.78. The lowest BCUT2D eigenvalue weighted by Gasteiger charge is -2.11. The highest BCUT2D eigenvalue weighted by molar-refractivity contribution is 5.97. The SMILES string of the molecule is O=C(NCC(O)c1ccncc1)c1cc2ccccc2[nH]1. The van der Waals surface area contributed by atoms with E-state index in [-0.39, 0.29) is 12.5 Å². The number of amides is 1. The molecule has 21 heavy (non-hydrogen) atoms. The summed E-state index contributed by atoms with van der Waals surface area (Å²) in [5.41, 5.74) is 2.12. The molecule has 0 fully saturated rings. The molecule has 0 radical (unpaired) electrons. The quantitative estimate of drug-likeness (QED) is 0.684. The monoisotopic (exact) mass is 281 g/mol. The van der Waals surface area contributed by atoms with Crippen molar-refractivity contribution in [2.24, 2.45) is 0 Å². The second kappa shape index (κ2) is 5.76. The van der Waals surface area contributed by atoms with Crippen LogP contribution in [0.1, 0.15) is 22.2 Å². The van der Waals surface area contributed by atoms with Gasteiger partial charge in [0, 0.05) is 29.8 Å². The lowest BCUT2D eigenvalue weighted by atomic mass is 10.1. The van der Waals surface area contributed by atoms with Gasteiger partial charge in [0.05, 0.1) is 6.10 Å². The van der Waals surface area contributed by atoms with Crippen LogP contribution in [0.3, 0.4) is 0 Å². The summed E-state index contributed by atoms with van der Waals surface area (Å²) in [6, 6.07) is 12.9. The van der Waals surface area contributed by atoms with Gasteiger partial charge in [-0.1, -0.05) is 18.2 Å². The van der Waals surface area contributed by atoms with Crippen LogP contribution in [0.5, 0.6) is 0 Å². The van der Waals surface area contributed by atoms with Crippen molar-refractivity contribution < 1.29 is 9.90 Å². The normalized spacial score (nSPS) is 12.2. The molecule has 1 amide bonds. The molecule has 106 valence electrons. The lowest BCUT2D eigenvalue weighted by Crippen LogP contribution is -2.28. The van der Waals surface area contributed by atoms with Gasteiger partial charge in [-0.3, -0.25) is 9.78 Å². The van der Waals surface area contributed by atoms with E-state index in [1.54, 1.807) is 30.6 Å². The second-order valence-corrected chi connectivity index (χ2v) is 4.78. The first kappa shape index (κ1) is 13.3. The summed E-state index contributed by atoms with van der Waals surface area (Å²) in [6.07, 6.45) is 2.47. The predicted octanol–water partition coefficient (Wildman–Crippen LogP) is 2.03. The van der Waals surface area contributed by atoms with Crippen LogP contribution in [0.2, 0.25) is 0 Å². The molecular formula is C16H15N3O2. The van der Waals surface area contributed by atoms with E-state index < -0.39 is 6.10 Å². The zero-order chi connectivity index (χ0) is 14.7. The number of aliphatic hydroxyl groups is 1. The van der Waals surface area contributed by atoms with Crippen LogP contribution in [0.25, 0.3) is 10.9 Å². The number of rotatable bonds is 4. The summed E-state index contributed by atoms with van der Waals surface area (Å²) in [5, 5.41) is 13.7. The number of nitrogens with zero attached hydrogens (tertiary/aromatic N) is 1. The third kappa shape index (κ3) is 2.93. The minimum atomic E-state index is -0.749. The van der Waals surface area contributed by atoms with E-state index >= 15 is 0 Å². The first-order chi connectivity index (χ1) is 10.2. The molecule has 2 aromatic heterocycles. The van der Waals surface area contributed by atoms with Crippen LogP contribution in [0, 0.1) is 0 Å². The first-order valence-corrected chi connectivity index (χ1v) is 6.68. The molecule has 3 rings (SSSR count). The van der Waals surface area contributed by atoms with Crippen LogP contribution in [-0.4, -0.2) is 27.5 Å². The van der Waals surface area contributed by atoms with Crippen LogP contribution in [-0.2, 0) is 0 Å². The first-order valence-electron chi connectivity index (χ1n) is 6.68. The van der Waals surface area contributed by atoms with Gasteiger partial charge in [-0.05, 0) is 29.8 Å². The molecule has 5 nitrogen and oxygen atoms in total. The number of pyridine rings is 1. The van der Waals surface area contributed by atoms with Gasteiger partial charge in [0.15, 0.2) is 0 Å². The van der Waals surface area contributed by atoms with Crippen LogP contribution in [0.4, 0.5) is 0 Å². The van der Waals surface area contributed by atoms with Gasteiger partial charge < -0.3 is 15.4 Å². The van der Waals surface area contributed by atoms with E-state index in [9.17, 15) is 9.90 Å². The van der Waals surface area contributed by atoms with Crippen LogP contribution in [0.15, 0.2) is 54.9 Å². The Morgan fingerprint density at radius 1 is 1.24 bits per heavy atom. The zero-order valence-electron chi connectivity index (χ0n) is 11.3. The Morgan fingerprint density at radius 3 is 2.76 bits per heavy atom. The molecule has 1 unspecified atom stereocenters. The van der Waals surface area contributed by atoms with Gasteiger partial charge in [0.1, 0.15) is 5.69 Å². The minimum Gasteiger partial charge on any atom is -0.387 e. The van der Waals surface area contributed by atoms with Crippen molar-refractivity contribution in [3.05, 3.63) is 66.1 Å². The summed E-state index contributed by atoms with van der Waals surface area (Å²) in [5.74, 6) is -0.237. The van der Waals surface area contributed by atoms with Crippen molar-refractivity contribution in [2.45, 2.75) is 6.10 Å². The molecule has 0 aliphatic rings. The smallest absolute Gasteiger partial charge is 0.267 e. The molecular weight excluding hydrogens is 266 g/mol. The van der Waals surface area contributed by atoms with Crippen molar-refractivity contribution in [3.63, 3.8) is 0 Å². The third-order valence-electron chi connectivity index (χ3n) is 3.32. The molecule has 0 aliphatic carbocycles. The summed E-state index contributed by atoms with van der Waals surface area (Å²) >= 11 is 0. The highest BCUT2D eigenvalue weighted by Gasteiger charge is 2.12. The topological polar surface area (TPSA) is 78.0 Å². The number of hydrogen-bond donors (Lipinski definition) is 3. The van der Waals surface area contributed by atoms with E-state index in [1.165, 1.54) is 0 Å². The van der Waals surface area contributed by atoms with Gasteiger partial charge in [0.2, 0.25) is 0 Å². The lowest BCUT2D eigenvalue weighted by molar-refractivity contribution is 0.0912. The van der Waals surface area contributed by atoms with Crippen molar-refractivity contribution >= 4 is 16.8 Å². The average molecular weight is 281 g/mol. The number of carbonyl (C=O) groups is 1. The molecule has 2 heterocycles. The summed E-state index contributed by atoms with van der Waals surface area (Å²) in [6.45, 7) is 0.151. The highest BCUT2D eigenvalue weighted by atomic mass is 16.3. The maximum Gasteiger partial charge on any atom is 0.267 e. The maximum absolute atomic E-state index is 12.1. The molecule has 1 aromatic carbocycles. The van der Waals surface area contributed by atoms with Crippen LogP contribution < -0.4 is 5.32 Å². The number of hydrogen-bond acceptors (Lipinski definition) is 3. The number of H-pyrrole nitrogens is 1. The zero-order valence-corrected chi connectivity index (χ0v) is 11.3. The molecule has 3 aromatic rings. The summed E-state index contributed by atoms with van der Waals surface area (Å²) in [4.78, 5) is 19.0. The Bertz CT molecular complexity index is 719. The van der Waals surface area contributed by atoms with Gasteiger partial charge >= 0.3 is 0 Å². The van der Waals surface area contributed by atoms with Gasteiger partial charge in [0.25, 0.3) is 5.91 Å². The Labute approximate surface area is 121 Å². The van der Waals surface area contributed by atoms with E-state index in [0.717, 1.165) is 16.5 Å². The van der Waals surface area contributed by atoms with E-state index in [2.05, 4.69) is 15.3 Å². The number of para-hydroxylation sites is 1. The maximum atomic E-state index is 12.1. The number of aromatic nitrogens is 2. The molecule has 0 bridgehead atoms. The molecule has 0 saturated heterocycles. The fraction of sp³-hybridized carbons (Fsp3) is 0.125. The van der Waals surface area contributed by atoms with Crippen molar-refractivity contribution in [2.75, 3.05) is 6.54 Å². The van der Waals surface area contributed by atoms with E-state index in [1.807, 2.05) is 24.3 Å². The average Bonchev–Trinajstić information content (AvgIpc) is 2.97. The Hall–Kier alpha value is -2.66. The number of benzene rings is 1. The molecule has 0 saturated carbocycles. The summed E-state index contributed by atoms with van der Waals surface area (Å²) < 4.78 is 0. The Balaban J connectivity index is 1.66. The van der Waals surface area contributed by atoms with Crippen LogP contribution >= 0.6 is 0 Å². The molecule has 1 atom stereocenters. The van der Waals surface area contributed by atoms with Crippen molar-refractivity contribution in [1.82, 2.24) is 15.3 Å². The number of carbonyl (C=O) groups excluding carboxylic acids is 1. The van der Waals surface area contributed by atoms with E-state index in [0.29, 0.717) is 5.69 Å². The van der Waals surface area contributed by atoms with Crippen molar-refractivity contribution in [3.8, 4) is 0 Å². The molecule has 0 spiro atoms. The number of nitrogens with one attached hydrogen (secondary N) is 2. The van der Waals surface area contributed by atoms with Gasteiger partial charge in [-0.15, -0.1) is 0 Å². The van der Waals surface area contributed by atoms with E-state index in [4.69, 9.17) is 0 Å². The molecule has 5 heteroatoms. The predicted molar refractivity (Wildman–Crippen MR) is 79.8 cm³/mol. The fourth-order valence-corrected chi connectivity index (χ4v) is 2.18. The largest absolute Gasteiger partial charge is 0.387 e. The number of fused-ring (bicyclic) bond motifs is 1. The minimum absolute atomic E-state index is 0.151. The Kier molecular flexibility index (Phi) is 3.66. The number of aromatic amines is 1. The molecule has 3 N–H and O–H groups in total. The third-order valence-corrected chi connectivity index (χ3v) is 3.32. The van der Waals surface area contributed by atoms with Crippen molar-refractivity contribution in [1.29, 1.82) is 0 Å². The number of aliphatic hydroxyl groups excluding tert-OH is 1. The van der Waals surface area contributed by atoms with Gasteiger partial charge in [-0.2, -0.15) is 0 Å².